The Bertz CT molecular complexity index is 1510. The van der Waals surface area contributed by atoms with Gasteiger partial charge in [0.25, 0.3) is 0 Å². The molecule has 51 heavy (non-hydrogen) atoms. The van der Waals surface area contributed by atoms with Gasteiger partial charge < -0.3 is 0 Å². The van der Waals surface area contributed by atoms with E-state index in [1.807, 2.05) is 0 Å². The van der Waals surface area contributed by atoms with Crippen LogP contribution in [-0.2, 0) is 6.54 Å². The fourth-order valence-corrected chi connectivity index (χ4v) is 32.0. The monoisotopic (exact) mass is 776 g/mol. The second kappa shape index (κ2) is 15.4. The van der Waals surface area contributed by atoms with Gasteiger partial charge in [0.15, 0.2) is 0 Å². The van der Waals surface area contributed by atoms with Crippen molar-refractivity contribution in [1.82, 2.24) is 37.4 Å². The van der Waals surface area contributed by atoms with Gasteiger partial charge in [0.05, 0.1) is 0 Å². The molecule has 8 aliphatic rings. The van der Waals surface area contributed by atoms with Crippen molar-refractivity contribution in [3.05, 3.63) is 35.9 Å². The molecule has 0 aliphatic carbocycles. The summed E-state index contributed by atoms with van der Waals surface area (Å²) < 4.78 is 49.8. The molecule has 1 unspecified atom stereocenters. The maximum Gasteiger partial charge on any atom is 0.221 e. The van der Waals surface area contributed by atoms with Crippen LogP contribution in [0.1, 0.15) is 89.5 Å². The Balaban J connectivity index is 1.42. The summed E-state index contributed by atoms with van der Waals surface area (Å²) in [6.45, 7) is 19.7. The minimum atomic E-state index is -2.63. The summed E-state index contributed by atoms with van der Waals surface area (Å²) in [7, 11) is -10.3. The van der Waals surface area contributed by atoms with E-state index in [2.05, 4.69) is 74.6 Å². The van der Waals surface area contributed by atoms with Gasteiger partial charge in [0.1, 0.15) is 0 Å². The van der Waals surface area contributed by atoms with Crippen LogP contribution in [0.3, 0.4) is 0 Å². The van der Waals surface area contributed by atoms with Crippen molar-refractivity contribution in [1.29, 1.82) is 0 Å². The Morgan fingerprint density at radius 2 is 0.686 bits per heavy atom. The van der Waals surface area contributed by atoms with Crippen LogP contribution < -0.4 is 0 Å². The molecule has 1 aromatic rings. The van der Waals surface area contributed by atoms with Crippen molar-refractivity contribution in [3.63, 3.8) is 0 Å². The first-order chi connectivity index (χ1) is 25.1. The molecule has 1 spiro atoms. The second-order valence-corrected chi connectivity index (χ2v) is 27.6. The Kier molecular flexibility index (Phi) is 11.0. The van der Waals surface area contributed by atoms with E-state index in [-0.39, 0.29) is 0 Å². The van der Waals surface area contributed by atoms with E-state index in [9.17, 15) is 0 Å². The maximum absolute atomic E-state index is 6.78. The SMILES string of the molecule is CCN1CCN(Cc2ccccc2)P12=NP(N1CCCC1)(N1CCCC1)=NP(N1CCCC1)(N1CCCC1)=NP(N1CCCC1)(N1CCCC1)=N2. The zero-order valence-corrected chi connectivity index (χ0v) is 34.9. The predicted molar refractivity (Wildman–Crippen MR) is 216 cm³/mol. The van der Waals surface area contributed by atoms with Gasteiger partial charge in [-0.15, -0.1) is 0 Å². The van der Waals surface area contributed by atoms with Crippen LogP contribution in [0.15, 0.2) is 48.4 Å². The summed E-state index contributed by atoms with van der Waals surface area (Å²) in [5.41, 5.74) is 1.38. The Hall–Kier alpha value is -0.180. The third-order valence-electron chi connectivity index (χ3n) is 12.7. The third kappa shape index (κ3) is 6.46. The number of hydrogen-bond donors (Lipinski definition) is 0. The summed E-state index contributed by atoms with van der Waals surface area (Å²) in [6.07, 6.45) is 15.1. The summed E-state index contributed by atoms with van der Waals surface area (Å²) in [5, 5.41) is 0. The average molecular weight is 777 g/mol. The van der Waals surface area contributed by atoms with E-state index >= 15 is 0 Å². The molecule has 7 saturated heterocycles. The zero-order valence-electron chi connectivity index (χ0n) is 31.3. The molecule has 0 saturated carbocycles. The molecule has 9 rings (SSSR count). The van der Waals surface area contributed by atoms with E-state index in [4.69, 9.17) is 18.1 Å². The molecule has 12 nitrogen and oxygen atoms in total. The topological polar surface area (TPSA) is 75.4 Å². The number of likely N-dealkylation sites (N-methyl/N-ethyl adjacent to an activating group) is 1. The van der Waals surface area contributed by atoms with Crippen LogP contribution in [0.4, 0.5) is 0 Å². The van der Waals surface area contributed by atoms with Crippen molar-refractivity contribution < 1.29 is 0 Å². The normalized spacial score (nSPS) is 33.0. The molecule has 16 heteroatoms. The van der Waals surface area contributed by atoms with Crippen LogP contribution >= 0.6 is 30.0 Å². The molecule has 0 amide bonds. The smallest absolute Gasteiger partial charge is 0.221 e. The minimum Gasteiger partial charge on any atom is -0.240 e. The van der Waals surface area contributed by atoms with Gasteiger partial charge in [-0.1, -0.05) is 37.3 Å². The number of rotatable bonds is 9. The number of hydrogen-bond acceptors (Lipinski definition) is 12. The molecule has 0 aromatic heterocycles. The van der Waals surface area contributed by atoms with Crippen LogP contribution in [0.25, 0.3) is 0 Å². The molecule has 1 atom stereocenters. The van der Waals surface area contributed by atoms with Crippen LogP contribution in [0.2, 0.25) is 0 Å². The Morgan fingerprint density at radius 1 is 0.392 bits per heavy atom. The summed E-state index contributed by atoms with van der Waals surface area (Å²) in [5.74, 6) is 0. The maximum atomic E-state index is 6.78. The Labute approximate surface area is 309 Å². The highest BCUT2D eigenvalue weighted by Gasteiger charge is 2.54. The minimum absolute atomic E-state index is 0.899. The first-order valence-corrected chi connectivity index (χ1v) is 27.1. The van der Waals surface area contributed by atoms with Gasteiger partial charge in [-0.25, -0.2) is 37.4 Å². The second-order valence-electron chi connectivity index (χ2n) is 15.9. The molecule has 284 valence electrons. The molecule has 0 bridgehead atoms. The van der Waals surface area contributed by atoms with E-state index in [0.717, 1.165) is 105 Å². The fourth-order valence-electron chi connectivity index (χ4n) is 9.96. The van der Waals surface area contributed by atoms with Crippen molar-refractivity contribution in [2.45, 2.75) is 90.5 Å². The van der Waals surface area contributed by atoms with Crippen molar-refractivity contribution >= 4 is 30.0 Å². The van der Waals surface area contributed by atoms with Crippen LogP contribution in [0.5, 0.6) is 0 Å². The van der Waals surface area contributed by atoms with Gasteiger partial charge in [-0.05, 0) is 82.6 Å². The zero-order chi connectivity index (χ0) is 34.4. The molecule has 7 fully saturated rings. The van der Waals surface area contributed by atoms with E-state index < -0.39 is 30.0 Å². The van der Waals surface area contributed by atoms with E-state index in [1.165, 1.54) is 82.6 Å². The lowest BCUT2D eigenvalue weighted by Gasteiger charge is -2.49. The molecular formula is C35H64N12P4. The van der Waals surface area contributed by atoms with Crippen molar-refractivity contribution in [3.8, 4) is 0 Å². The lowest BCUT2D eigenvalue weighted by Crippen LogP contribution is -2.34. The van der Waals surface area contributed by atoms with Crippen molar-refractivity contribution in [2.75, 3.05) is 98.2 Å². The standard InChI is InChI=1S/C35H64N12P4/c1-2-40-32-33-47(34-35-18-4-3-5-19-35)48(40)36-49(41-20-6-7-21-41,42-22-8-9-23-42)38-51(45-28-14-15-29-45,46-30-16-17-31-46)39-50(37-48,43-24-10-11-25-43)44-26-12-13-27-44/h3-5,18-19H,2,6-17,20-34H2,1H3. The quantitative estimate of drug-likeness (QED) is 0.230. The lowest BCUT2D eigenvalue weighted by atomic mass is 10.2. The summed E-state index contributed by atoms with van der Waals surface area (Å²) in [6, 6.07) is 11.2. The van der Waals surface area contributed by atoms with Crippen molar-refractivity contribution in [2.24, 2.45) is 18.1 Å². The molecule has 8 aliphatic heterocycles. The van der Waals surface area contributed by atoms with Gasteiger partial charge in [0, 0.05) is 105 Å². The number of nitrogens with zero attached hydrogens (tertiary/aromatic N) is 12. The highest BCUT2D eigenvalue weighted by Crippen LogP contribution is 2.85. The predicted octanol–water partition coefficient (Wildman–Crippen LogP) is 9.20. The van der Waals surface area contributed by atoms with Crippen LogP contribution in [0, 0.1) is 0 Å². The first-order valence-electron chi connectivity index (χ1n) is 20.7. The summed E-state index contributed by atoms with van der Waals surface area (Å²) in [4.78, 5) is 0. The van der Waals surface area contributed by atoms with E-state index in [1.54, 1.807) is 0 Å². The molecule has 0 N–H and O–H groups in total. The fraction of sp³-hybridized carbons (Fsp3) is 0.829. The molecular weight excluding hydrogens is 712 g/mol. The van der Waals surface area contributed by atoms with Gasteiger partial charge in [-0.2, -0.15) is 18.1 Å². The Morgan fingerprint density at radius 3 is 1.02 bits per heavy atom. The van der Waals surface area contributed by atoms with Gasteiger partial charge >= 0.3 is 0 Å². The van der Waals surface area contributed by atoms with Crippen LogP contribution in [-0.4, -0.2) is 136 Å². The van der Waals surface area contributed by atoms with E-state index in [0.29, 0.717) is 0 Å². The lowest BCUT2D eigenvalue weighted by molar-refractivity contribution is 0.443. The third-order valence-corrected chi connectivity index (χ3v) is 29.7. The van der Waals surface area contributed by atoms with Gasteiger partial charge in [-0.3, -0.25) is 0 Å². The molecule has 1 aromatic carbocycles. The summed E-state index contributed by atoms with van der Waals surface area (Å²) >= 11 is 0. The highest BCUT2D eigenvalue weighted by atomic mass is 31.3. The average Bonchev–Trinajstić information content (AvgIpc) is 4.00. The first kappa shape index (κ1) is 36.5. The molecule has 8 heterocycles. The highest BCUT2D eigenvalue weighted by molar-refractivity contribution is 7.83. The van der Waals surface area contributed by atoms with Gasteiger partial charge in [0.2, 0.25) is 30.0 Å². The number of benzene rings is 1. The largest absolute Gasteiger partial charge is 0.240 e. The molecule has 0 radical (unpaired) electrons.